The average molecular weight is 292 g/mol. The number of nitrogens with one attached hydrogen (secondary N) is 1. The van der Waals surface area contributed by atoms with Crippen molar-refractivity contribution in [3.05, 3.63) is 18.5 Å². The number of carbonyl (C=O) groups excluding carboxylic acids is 1. The number of ether oxygens (including phenoxy) is 1. The van der Waals surface area contributed by atoms with E-state index < -0.39 is 0 Å². The van der Waals surface area contributed by atoms with Gasteiger partial charge < -0.3 is 10.1 Å². The normalized spacial score (nSPS) is 24.3. The lowest BCUT2D eigenvalue weighted by molar-refractivity contribution is -0.123. The van der Waals surface area contributed by atoms with E-state index in [-0.39, 0.29) is 5.91 Å². The number of carbonyl (C=O) groups is 1. The number of amides is 1. The van der Waals surface area contributed by atoms with Crippen LogP contribution >= 0.6 is 0 Å². The first-order valence-corrected chi connectivity index (χ1v) is 7.90. The maximum atomic E-state index is 12.2. The lowest BCUT2D eigenvalue weighted by atomic mass is 10.1. The van der Waals surface area contributed by atoms with Gasteiger partial charge in [-0.2, -0.15) is 5.10 Å². The van der Waals surface area contributed by atoms with Gasteiger partial charge in [0.25, 0.3) is 0 Å². The van der Waals surface area contributed by atoms with Gasteiger partial charge in [-0.1, -0.05) is 0 Å². The van der Waals surface area contributed by atoms with Gasteiger partial charge in [-0.05, 0) is 38.3 Å². The molecule has 1 aromatic rings. The van der Waals surface area contributed by atoms with Crippen LogP contribution in [-0.2, 0) is 16.1 Å². The van der Waals surface area contributed by atoms with Gasteiger partial charge in [0, 0.05) is 37.7 Å². The SMILES string of the molecule is O=C(CN1CCC[C@H]1Cn1cccn1)NC1CCOCC1. The lowest BCUT2D eigenvalue weighted by Gasteiger charge is -2.27. The number of nitrogens with zero attached hydrogens (tertiary/aromatic N) is 3. The Morgan fingerprint density at radius 3 is 2.95 bits per heavy atom. The summed E-state index contributed by atoms with van der Waals surface area (Å²) in [7, 11) is 0. The van der Waals surface area contributed by atoms with E-state index in [9.17, 15) is 4.79 Å². The van der Waals surface area contributed by atoms with E-state index in [2.05, 4.69) is 15.3 Å². The van der Waals surface area contributed by atoms with Crippen LogP contribution < -0.4 is 5.32 Å². The molecule has 2 fully saturated rings. The summed E-state index contributed by atoms with van der Waals surface area (Å²) in [4.78, 5) is 14.5. The molecule has 2 aliphatic rings. The molecule has 1 amide bonds. The summed E-state index contributed by atoms with van der Waals surface area (Å²) >= 11 is 0. The van der Waals surface area contributed by atoms with E-state index in [1.165, 1.54) is 0 Å². The van der Waals surface area contributed by atoms with Crippen LogP contribution in [0.5, 0.6) is 0 Å². The molecule has 116 valence electrons. The molecule has 0 radical (unpaired) electrons. The third-order valence-electron chi connectivity index (χ3n) is 4.39. The number of likely N-dealkylation sites (tertiary alicyclic amines) is 1. The fraction of sp³-hybridized carbons (Fsp3) is 0.733. The van der Waals surface area contributed by atoms with Crippen molar-refractivity contribution in [2.75, 3.05) is 26.3 Å². The Morgan fingerprint density at radius 1 is 1.33 bits per heavy atom. The van der Waals surface area contributed by atoms with Crippen molar-refractivity contribution in [1.29, 1.82) is 0 Å². The second kappa shape index (κ2) is 7.04. The largest absolute Gasteiger partial charge is 0.381 e. The van der Waals surface area contributed by atoms with Crippen molar-refractivity contribution in [1.82, 2.24) is 20.0 Å². The standard InChI is InChI=1S/C15H24N4O2/c20-15(17-13-4-9-21-10-5-13)12-18-7-1-3-14(18)11-19-8-2-6-16-19/h2,6,8,13-14H,1,3-5,7,9-12H2,(H,17,20)/t14-/m0/s1. The molecule has 0 spiro atoms. The summed E-state index contributed by atoms with van der Waals surface area (Å²) in [5.74, 6) is 0.147. The molecule has 0 bridgehead atoms. The van der Waals surface area contributed by atoms with Crippen molar-refractivity contribution in [2.24, 2.45) is 0 Å². The molecular weight excluding hydrogens is 268 g/mol. The van der Waals surface area contributed by atoms with Crippen LogP contribution in [0.3, 0.4) is 0 Å². The maximum absolute atomic E-state index is 12.2. The summed E-state index contributed by atoms with van der Waals surface area (Å²) < 4.78 is 7.28. The van der Waals surface area contributed by atoms with E-state index in [0.717, 1.165) is 52.0 Å². The second-order valence-corrected chi connectivity index (χ2v) is 5.95. The first kappa shape index (κ1) is 14.5. The molecule has 6 nitrogen and oxygen atoms in total. The van der Waals surface area contributed by atoms with Crippen molar-refractivity contribution < 1.29 is 9.53 Å². The van der Waals surface area contributed by atoms with Crippen LogP contribution in [0.25, 0.3) is 0 Å². The smallest absolute Gasteiger partial charge is 0.234 e. The van der Waals surface area contributed by atoms with Crippen LogP contribution in [-0.4, -0.2) is 59.0 Å². The van der Waals surface area contributed by atoms with E-state index in [4.69, 9.17) is 4.74 Å². The Balaban J connectivity index is 1.47. The average Bonchev–Trinajstić information content (AvgIpc) is 3.13. The van der Waals surface area contributed by atoms with Crippen molar-refractivity contribution in [3.63, 3.8) is 0 Å². The molecule has 0 aliphatic carbocycles. The lowest BCUT2D eigenvalue weighted by Crippen LogP contribution is -2.46. The van der Waals surface area contributed by atoms with Gasteiger partial charge in [0.2, 0.25) is 5.91 Å². The van der Waals surface area contributed by atoms with Crippen molar-refractivity contribution in [3.8, 4) is 0 Å². The predicted molar refractivity (Wildman–Crippen MR) is 78.8 cm³/mol. The fourth-order valence-corrected chi connectivity index (χ4v) is 3.23. The molecule has 1 atom stereocenters. The van der Waals surface area contributed by atoms with Crippen LogP contribution in [0.1, 0.15) is 25.7 Å². The minimum atomic E-state index is 0.147. The summed E-state index contributed by atoms with van der Waals surface area (Å²) in [6, 6.07) is 2.65. The van der Waals surface area contributed by atoms with Gasteiger partial charge in [-0.15, -0.1) is 0 Å². The molecule has 1 N–H and O–H groups in total. The molecule has 0 saturated carbocycles. The zero-order valence-corrected chi connectivity index (χ0v) is 12.4. The van der Waals surface area contributed by atoms with Gasteiger partial charge in [0.15, 0.2) is 0 Å². The molecule has 0 aromatic carbocycles. The van der Waals surface area contributed by atoms with Gasteiger partial charge >= 0.3 is 0 Å². The molecule has 3 heterocycles. The Labute approximate surface area is 125 Å². The third-order valence-corrected chi connectivity index (χ3v) is 4.39. The summed E-state index contributed by atoms with van der Waals surface area (Å²) in [6.45, 7) is 3.90. The molecule has 2 saturated heterocycles. The van der Waals surface area contributed by atoms with Gasteiger partial charge in [-0.25, -0.2) is 0 Å². The number of aromatic nitrogens is 2. The zero-order valence-electron chi connectivity index (χ0n) is 12.4. The highest BCUT2D eigenvalue weighted by Gasteiger charge is 2.27. The highest BCUT2D eigenvalue weighted by atomic mass is 16.5. The number of hydrogen-bond acceptors (Lipinski definition) is 4. The molecule has 3 rings (SSSR count). The topological polar surface area (TPSA) is 59.4 Å². The quantitative estimate of drug-likeness (QED) is 0.865. The molecule has 2 aliphatic heterocycles. The highest BCUT2D eigenvalue weighted by Crippen LogP contribution is 2.18. The third kappa shape index (κ3) is 4.04. The van der Waals surface area contributed by atoms with E-state index >= 15 is 0 Å². The van der Waals surface area contributed by atoms with Crippen LogP contribution in [0, 0.1) is 0 Å². The first-order valence-electron chi connectivity index (χ1n) is 7.90. The fourth-order valence-electron chi connectivity index (χ4n) is 3.23. The Morgan fingerprint density at radius 2 is 2.19 bits per heavy atom. The Hall–Kier alpha value is -1.40. The summed E-state index contributed by atoms with van der Waals surface area (Å²) in [5.41, 5.74) is 0. The number of hydrogen-bond donors (Lipinski definition) is 1. The minimum absolute atomic E-state index is 0.147. The van der Waals surface area contributed by atoms with E-state index in [0.29, 0.717) is 18.6 Å². The van der Waals surface area contributed by atoms with E-state index in [1.54, 1.807) is 6.20 Å². The van der Waals surface area contributed by atoms with Crippen LogP contribution in [0.4, 0.5) is 0 Å². The maximum Gasteiger partial charge on any atom is 0.234 e. The van der Waals surface area contributed by atoms with Gasteiger partial charge in [0.05, 0.1) is 13.1 Å². The van der Waals surface area contributed by atoms with Gasteiger partial charge in [0.1, 0.15) is 0 Å². The van der Waals surface area contributed by atoms with E-state index in [1.807, 2.05) is 16.9 Å². The minimum Gasteiger partial charge on any atom is -0.381 e. The summed E-state index contributed by atoms with van der Waals surface area (Å²) in [5, 5.41) is 7.40. The highest BCUT2D eigenvalue weighted by molar-refractivity contribution is 5.78. The zero-order chi connectivity index (χ0) is 14.5. The molecular formula is C15H24N4O2. The molecule has 0 unspecified atom stereocenters. The van der Waals surface area contributed by atoms with Gasteiger partial charge in [-0.3, -0.25) is 14.4 Å². The van der Waals surface area contributed by atoms with Crippen LogP contribution in [0.15, 0.2) is 18.5 Å². The Bertz CT molecular complexity index is 443. The summed E-state index contributed by atoms with van der Waals surface area (Å²) in [6.07, 6.45) is 7.96. The molecule has 21 heavy (non-hydrogen) atoms. The predicted octanol–water partition coefficient (Wildman–Crippen LogP) is 0.643. The van der Waals surface area contributed by atoms with Crippen molar-refractivity contribution in [2.45, 2.75) is 44.3 Å². The Kier molecular flexibility index (Phi) is 4.87. The monoisotopic (exact) mass is 292 g/mol. The van der Waals surface area contributed by atoms with Crippen LogP contribution in [0.2, 0.25) is 0 Å². The molecule has 6 heteroatoms. The number of rotatable bonds is 5. The molecule has 1 aromatic heterocycles. The van der Waals surface area contributed by atoms with Crippen molar-refractivity contribution >= 4 is 5.91 Å². The second-order valence-electron chi connectivity index (χ2n) is 5.95. The first-order chi connectivity index (χ1) is 10.3.